The standard InChI is InChI=1S/C21H21N3O/c1-15-7-3-4-10-19(15)14-22-24-21(25)16(2)23-20-12-11-17-8-5-6-9-18(17)13-20/h3-14,16,23H,1-2H3,(H,24,25). The summed E-state index contributed by atoms with van der Waals surface area (Å²) in [4.78, 5) is 12.2. The normalized spacial score (nSPS) is 12.2. The van der Waals surface area contributed by atoms with Crippen LogP contribution in [0.25, 0.3) is 10.8 Å². The molecule has 0 spiro atoms. The Morgan fingerprint density at radius 1 is 1.00 bits per heavy atom. The maximum absolute atomic E-state index is 12.2. The zero-order valence-electron chi connectivity index (χ0n) is 14.4. The summed E-state index contributed by atoms with van der Waals surface area (Å²) in [5.74, 6) is -0.182. The molecule has 4 nitrogen and oxygen atoms in total. The number of hydrazone groups is 1. The van der Waals surface area contributed by atoms with Gasteiger partial charge in [0.15, 0.2) is 0 Å². The number of anilines is 1. The zero-order chi connectivity index (χ0) is 17.6. The Morgan fingerprint density at radius 3 is 2.52 bits per heavy atom. The topological polar surface area (TPSA) is 53.5 Å². The minimum Gasteiger partial charge on any atom is -0.374 e. The number of carbonyl (C=O) groups excluding carboxylic acids is 1. The Hall–Kier alpha value is -3.14. The van der Waals surface area contributed by atoms with Gasteiger partial charge in [0, 0.05) is 5.69 Å². The van der Waals surface area contributed by atoms with E-state index in [1.807, 2.05) is 68.4 Å². The number of aryl methyl sites for hydroxylation is 1. The summed E-state index contributed by atoms with van der Waals surface area (Å²) in [5, 5.41) is 9.57. The third kappa shape index (κ3) is 4.23. The molecular weight excluding hydrogens is 310 g/mol. The van der Waals surface area contributed by atoms with Crippen molar-refractivity contribution in [3.63, 3.8) is 0 Å². The third-order valence-electron chi connectivity index (χ3n) is 4.09. The van der Waals surface area contributed by atoms with Crippen LogP contribution in [0.15, 0.2) is 71.8 Å². The van der Waals surface area contributed by atoms with Crippen LogP contribution in [0.2, 0.25) is 0 Å². The number of fused-ring (bicyclic) bond motifs is 1. The lowest BCUT2D eigenvalue weighted by Gasteiger charge is -2.14. The summed E-state index contributed by atoms with van der Waals surface area (Å²) in [7, 11) is 0. The van der Waals surface area contributed by atoms with Gasteiger partial charge >= 0.3 is 0 Å². The summed E-state index contributed by atoms with van der Waals surface area (Å²) >= 11 is 0. The van der Waals surface area contributed by atoms with Crippen LogP contribution in [0.4, 0.5) is 5.69 Å². The van der Waals surface area contributed by atoms with Crippen molar-refractivity contribution in [3.8, 4) is 0 Å². The second kappa shape index (κ2) is 7.62. The van der Waals surface area contributed by atoms with Crippen molar-refractivity contribution in [1.82, 2.24) is 5.43 Å². The van der Waals surface area contributed by atoms with Crippen LogP contribution in [-0.2, 0) is 4.79 Å². The van der Waals surface area contributed by atoms with Crippen molar-refractivity contribution in [1.29, 1.82) is 0 Å². The Balaban J connectivity index is 1.61. The average molecular weight is 331 g/mol. The van der Waals surface area contributed by atoms with Gasteiger partial charge in [0.2, 0.25) is 0 Å². The first-order valence-corrected chi connectivity index (χ1v) is 8.27. The lowest BCUT2D eigenvalue weighted by molar-refractivity contribution is -0.121. The second-order valence-electron chi connectivity index (χ2n) is 6.02. The van der Waals surface area contributed by atoms with Crippen LogP contribution < -0.4 is 10.7 Å². The molecule has 126 valence electrons. The van der Waals surface area contributed by atoms with Crippen LogP contribution in [0, 0.1) is 6.92 Å². The Labute approximate surface area is 147 Å². The number of hydrogen-bond acceptors (Lipinski definition) is 3. The highest BCUT2D eigenvalue weighted by molar-refractivity contribution is 5.89. The van der Waals surface area contributed by atoms with Gasteiger partial charge in [-0.05, 0) is 47.9 Å². The van der Waals surface area contributed by atoms with E-state index in [0.717, 1.165) is 22.2 Å². The molecule has 25 heavy (non-hydrogen) atoms. The first kappa shape index (κ1) is 16.7. The minimum atomic E-state index is -0.393. The molecular formula is C21H21N3O. The first-order chi connectivity index (χ1) is 12.1. The molecule has 1 unspecified atom stereocenters. The monoisotopic (exact) mass is 331 g/mol. The molecule has 0 radical (unpaired) electrons. The van der Waals surface area contributed by atoms with Crippen molar-refractivity contribution in [2.45, 2.75) is 19.9 Å². The van der Waals surface area contributed by atoms with Crippen LogP contribution in [0.3, 0.4) is 0 Å². The highest BCUT2D eigenvalue weighted by Gasteiger charge is 2.11. The van der Waals surface area contributed by atoms with E-state index < -0.39 is 6.04 Å². The van der Waals surface area contributed by atoms with Crippen LogP contribution in [0.1, 0.15) is 18.1 Å². The summed E-state index contributed by atoms with van der Waals surface area (Å²) < 4.78 is 0. The Morgan fingerprint density at radius 2 is 1.72 bits per heavy atom. The molecule has 3 aromatic rings. The summed E-state index contributed by atoms with van der Waals surface area (Å²) in [6.07, 6.45) is 1.66. The van der Waals surface area contributed by atoms with E-state index in [4.69, 9.17) is 0 Å². The van der Waals surface area contributed by atoms with E-state index in [1.165, 1.54) is 5.39 Å². The lowest BCUT2D eigenvalue weighted by atomic mass is 10.1. The molecule has 0 saturated carbocycles. The van der Waals surface area contributed by atoms with Crippen LogP contribution >= 0.6 is 0 Å². The molecule has 1 amide bonds. The number of nitrogens with one attached hydrogen (secondary N) is 2. The highest BCUT2D eigenvalue weighted by Crippen LogP contribution is 2.19. The van der Waals surface area contributed by atoms with Gasteiger partial charge in [-0.15, -0.1) is 0 Å². The molecule has 0 aromatic heterocycles. The molecule has 0 aliphatic rings. The van der Waals surface area contributed by atoms with Gasteiger partial charge in [0.25, 0.3) is 5.91 Å². The van der Waals surface area contributed by atoms with Gasteiger partial charge in [-0.1, -0.05) is 54.6 Å². The predicted octanol–water partition coefficient (Wildman–Crippen LogP) is 4.10. The van der Waals surface area contributed by atoms with E-state index in [-0.39, 0.29) is 5.91 Å². The van der Waals surface area contributed by atoms with Gasteiger partial charge in [0.05, 0.1) is 6.21 Å². The predicted molar refractivity (Wildman–Crippen MR) is 104 cm³/mol. The quantitative estimate of drug-likeness (QED) is 0.546. The fourth-order valence-corrected chi connectivity index (χ4v) is 2.59. The third-order valence-corrected chi connectivity index (χ3v) is 4.09. The number of amides is 1. The largest absolute Gasteiger partial charge is 0.374 e. The van der Waals surface area contributed by atoms with Gasteiger partial charge in [-0.25, -0.2) is 5.43 Å². The SMILES string of the molecule is Cc1ccccc1C=NNC(=O)C(C)Nc1ccc2ccccc2c1. The zero-order valence-corrected chi connectivity index (χ0v) is 14.4. The van der Waals surface area contributed by atoms with E-state index in [9.17, 15) is 4.79 Å². The van der Waals surface area contributed by atoms with Crippen LogP contribution in [-0.4, -0.2) is 18.2 Å². The fourth-order valence-electron chi connectivity index (χ4n) is 2.59. The highest BCUT2D eigenvalue weighted by atomic mass is 16.2. The molecule has 1 atom stereocenters. The van der Waals surface area contributed by atoms with Crippen molar-refractivity contribution in [2.24, 2.45) is 5.10 Å². The van der Waals surface area contributed by atoms with Crippen LogP contribution in [0.5, 0.6) is 0 Å². The summed E-state index contributed by atoms with van der Waals surface area (Å²) in [5.41, 5.74) is 5.59. The van der Waals surface area contributed by atoms with E-state index in [1.54, 1.807) is 6.21 Å². The molecule has 0 fully saturated rings. The van der Waals surface area contributed by atoms with Crippen molar-refractivity contribution in [2.75, 3.05) is 5.32 Å². The molecule has 0 bridgehead atoms. The molecule has 3 rings (SSSR count). The molecule has 0 heterocycles. The van der Waals surface area contributed by atoms with Gasteiger partial charge in [0.1, 0.15) is 6.04 Å². The van der Waals surface area contributed by atoms with Gasteiger partial charge in [-0.2, -0.15) is 5.10 Å². The Bertz CT molecular complexity index is 918. The number of rotatable bonds is 5. The fraction of sp³-hybridized carbons (Fsp3) is 0.143. The molecule has 0 aliphatic heterocycles. The number of carbonyl (C=O) groups is 1. The van der Waals surface area contributed by atoms with Gasteiger partial charge < -0.3 is 5.32 Å². The van der Waals surface area contributed by atoms with Gasteiger partial charge in [-0.3, -0.25) is 4.79 Å². The van der Waals surface area contributed by atoms with E-state index in [0.29, 0.717) is 0 Å². The molecule has 2 N–H and O–H groups in total. The first-order valence-electron chi connectivity index (χ1n) is 8.27. The smallest absolute Gasteiger partial charge is 0.262 e. The number of hydrogen-bond donors (Lipinski definition) is 2. The van der Waals surface area contributed by atoms with Crippen molar-refractivity contribution >= 4 is 28.6 Å². The molecule has 0 aliphatic carbocycles. The maximum atomic E-state index is 12.2. The van der Waals surface area contributed by atoms with E-state index in [2.05, 4.69) is 28.0 Å². The minimum absolute atomic E-state index is 0.182. The molecule has 3 aromatic carbocycles. The van der Waals surface area contributed by atoms with Crippen molar-refractivity contribution in [3.05, 3.63) is 77.9 Å². The lowest BCUT2D eigenvalue weighted by Crippen LogP contribution is -2.34. The summed E-state index contributed by atoms with van der Waals surface area (Å²) in [6, 6.07) is 21.7. The maximum Gasteiger partial charge on any atom is 0.262 e. The molecule has 4 heteroatoms. The van der Waals surface area contributed by atoms with Crippen molar-refractivity contribution < 1.29 is 4.79 Å². The molecule has 0 saturated heterocycles. The summed E-state index contributed by atoms with van der Waals surface area (Å²) in [6.45, 7) is 3.82. The second-order valence-corrected chi connectivity index (χ2v) is 6.02. The Kier molecular flexibility index (Phi) is 5.09. The average Bonchev–Trinajstić information content (AvgIpc) is 2.63. The number of nitrogens with zero attached hydrogens (tertiary/aromatic N) is 1. The number of benzene rings is 3. The van der Waals surface area contributed by atoms with E-state index >= 15 is 0 Å².